The van der Waals surface area contributed by atoms with E-state index in [2.05, 4.69) is 5.32 Å². The number of fused-ring (bicyclic) bond motifs is 1. The molecular weight excluding hydrogens is 529 g/mol. The van der Waals surface area contributed by atoms with Crippen molar-refractivity contribution in [2.75, 3.05) is 29.9 Å². The fourth-order valence-electron chi connectivity index (χ4n) is 3.57. The van der Waals surface area contributed by atoms with E-state index in [1.54, 1.807) is 37.3 Å². The van der Waals surface area contributed by atoms with Gasteiger partial charge in [0.1, 0.15) is 12.6 Å². The Hall–Kier alpha value is -2.69. The molecule has 36 heavy (non-hydrogen) atoms. The summed E-state index contributed by atoms with van der Waals surface area (Å²) in [7, 11) is -3.86. The van der Waals surface area contributed by atoms with Gasteiger partial charge in [-0.05, 0) is 50.1 Å². The van der Waals surface area contributed by atoms with Gasteiger partial charge in [0.25, 0.3) is 0 Å². The topological polar surface area (TPSA) is 105 Å². The highest BCUT2D eigenvalue weighted by atomic mass is 35.5. The van der Waals surface area contributed by atoms with Crippen LogP contribution in [-0.4, -0.2) is 56.8 Å². The summed E-state index contributed by atoms with van der Waals surface area (Å²) in [6.07, 6.45) is 0.724. The summed E-state index contributed by atoms with van der Waals surface area (Å²) in [5.41, 5.74) is 0.819. The Morgan fingerprint density at radius 3 is 2.47 bits per heavy atom. The lowest BCUT2D eigenvalue weighted by Crippen LogP contribution is -2.51. The van der Waals surface area contributed by atoms with Crippen molar-refractivity contribution >= 4 is 50.7 Å². The number of nitrogens with zero attached hydrogens (tertiary/aromatic N) is 2. The van der Waals surface area contributed by atoms with E-state index in [1.165, 1.54) is 17.9 Å². The van der Waals surface area contributed by atoms with Crippen LogP contribution in [0.25, 0.3) is 0 Å². The molecule has 0 saturated carbocycles. The van der Waals surface area contributed by atoms with Crippen LogP contribution >= 0.6 is 23.2 Å². The number of carbonyl (C=O) groups is 2. The minimum absolute atomic E-state index is 0.0172. The van der Waals surface area contributed by atoms with E-state index in [-0.39, 0.29) is 30.7 Å². The molecule has 1 N–H and O–H groups in total. The molecule has 0 radical (unpaired) electrons. The maximum absolute atomic E-state index is 13.6. The smallest absolute Gasteiger partial charge is 0.244 e. The number of nitrogens with one attached hydrogen (secondary N) is 1. The van der Waals surface area contributed by atoms with Crippen LogP contribution in [0.2, 0.25) is 10.0 Å². The van der Waals surface area contributed by atoms with E-state index < -0.39 is 28.5 Å². The molecule has 0 aromatic heterocycles. The van der Waals surface area contributed by atoms with E-state index in [9.17, 15) is 18.0 Å². The number of hydrogen-bond acceptors (Lipinski definition) is 6. The second kappa shape index (κ2) is 12.0. The number of hydrogen-bond donors (Lipinski definition) is 1. The van der Waals surface area contributed by atoms with Crippen LogP contribution in [-0.2, 0) is 26.2 Å². The summed E-state index contributed by atoms with van der Waals surface area (Å²) in [6, 6.07) is 8.61. The summed E-state index contributed by atoms with van der Waals surface area (Å²) in [5.74, 6) is -0.296. The molecule has 2 aromatic carbocycles. The van der Waals surface area contributed by atoms with E-state index in [0.717, 1.165) is 10.7 Å². The quantitative estimate of drug-likeness (QED) is 0.450. The Morgan fingerprint density at radius 2 is 1.81 bits per heavy atom. The molecule has 9 nitrogen and oxygen atoms in total. The molecule has 3 rings (SSSR count). The fourth-order valence-corrected chi connectivity index (χ4v) is 5.09. The molecule has 1 aliphatic rings. The first kappa shape index (κ1) is 27.9. The van der Waals surface area contributed by atoms with Crippen LogP contribution in [0.1, 0.15) is 32.8 Å². The number of ether oxygens (including phenoxy) is 2. The number of rotatable bonds is 11. The third-order valence-corrected chi connectivity index (χ3v) is 8.02. The zero-order valence-corrected chi connectivity index (χ0v) is 22.6. The largest absolute Gasteiger partial charge is 0.454 e. The van der Waals surface area contributed by atoms with Gasteiger partial charge in [-0.15, -0.1) is 0 Å². The lowest BCUT2D eigenvalue weighted by atomic mass is 10.1. The van der Waals surface area contributed by atoms with E-state index in [1.807, 2.05) is 6.92 Å². The predicted octanol–water partition coefficient (Wildman–Crippen LogP) is 3.82. The zero-order valence-electron chi connectivity index (χ0n) is 20.3. The highest BCUT2D eigenvalue weighted by Crippen LogP contribution is 2.36. The maximum Gasteiger partial charge on any atom is 0.244 e. The van der Waals surface area contributed by atoms with Gasteiger partial charge in [0.2, 0.25) is 28.6 Å². The standard InChI is InChI=1S/C24H29Cl2N3O6S/c1-4-10-27-24(31)16(3)28(13-17-6-7-18(25)11-20(17)26)23(30)14-29(36(32,33)5-2)19-8-9-21-22(12-19)35-15-34-21/h6-9,11-12,16H,4-5,10,13-15H2,1-3H3,(H,27,31)/t16-/m1/s1. The number of halogens is 2. The van der Waals surface area contributed by atoms with Crippen LogP contribution in [0.3, 0.4) is 0 Å². The minimum Gasteiger partial charge on any atom is -0.454 e. The second-order valence-electron chi connectivity index (χ2n) is 8.17. The Balaban J connectivity index is 1.95. The first-order valence-electron chi connectivity index (χ1n) is 11.5. The third-order valence-electron chi connectivity index (χ3n) is 5.70. The Labute approximate surface area is 221 Å². The van der Waals surface area contributed by atoms with Crippen molar-refractivity contribution < 1.29 is 27.5 Å². The highest BCUT2D eigenvalue weighted by Gasteiger charge is 2.32. The van der Waals surface area contributed by atoms with Gasteiger partial charge in [-0.3, -0.25) is 13.9 Å². The van der Waals surface area contributed by atoms with Crippen molar-refractivity contribution in [3.05, 3.63) is 52.0 Å². The van der Waals surface area contributed by atoms with Crippen LogP contribution in [0, 0.1) is 0 Å². The van der Waals surface area contributed by atoms with Gasteiger partial charge in [0.05, 0.1) is 11.4 Å². The van der Waals surface area contributed by atoms with Gasteiger partial charge in [-0.1, -0.05) is 36.2 Å². The number of benzene rings is 2. The van der Waals surface area contributed by atoms with Crippen molar-refractivity contribution in [3.63, 3.8) is 0 Å². The van der Waals surface area contributed by atoms with Crippen LogP contribution in [0.5, 0.6) is 11.5 Å². The average molecular weight is 558 g/mol. The van der Waals surface area contributed by atoms with Crippen molar-refractivity contribution in [2.24, 2.45) is 0 Å². The summed E-state index contributed by atoms with van der Waals surface area (Å²) in [4.78, 5) is 27.7. The number of amides is 2. The Kier molecular flexibility index (Phi) is 9.32. The van der Waals surface area contributed by atoms with E-state index >= 15 is 0 Å². The van der Waals surface area contributed by atoms with Crippen molar-refractivity contribution in [3.8, 4) is 11.5 Å². The predicted molar refractivity (Wildman–Crippen MR) is 139 cm³/mol. The van der Waals surface area contributed by atoms with Crippen molar-refractivity contribution in [1.29, 1.82) is 0 Å². The van der Waals surface area contributed by atoms with E-state index in [0.29, 0.717) is 33.7 Å². The van der Waals surface area contributed by atoms with Gasteiger partial charge in [0.15, 0.2) is 11.5 Å². The van der Waals surface area contributed by atoms with Crippen LogP contribution < -0.4 is 19.1 Å². The highest BCUT2D eigenvalue weighted by molar-refractivity contribution is 7.92. The molecule has 1 atom stereocenters. The zero-order chi connectivity index (χ0) is 26.5. The molecule has 0 unspecified atom stereocenters. The molecule has 196 valence electrons. The first-order valence-corrected chi connectivity index (χ1v) is 13.8. The second-order valence-corrected chi connectivity index (χ2v) is 11.2. The molecule has 2 aromatic rings. The van der Waals surface area contributed by atoms with Crippen molar-refractivity contribution in [2.45, 2.75) is 39.8 Å². The molecule has 2 amide bonds. The Bertz CT molecular complexity index is 1220. The summed E-state index contributed by atoms with van der Waals surface area (Å²) >= 11 is 12.3. The van der Waals surface area contributed by atoms with Gasteiger partial charge in [-0.2, -0.15) is 0 Å². The lowest BCUT2D eigenvalue weighted by Gasteiger charge is -2.32. The third kappa shape index (κ3) is 6.54. The molecule has 1 aliphatic heterocycles. The Morgan fingerprint density at radius 1 is 1.08 bits per heavy atom. The van der Waals surface area contributed by atoms with Gasteiger partial charge >= 0.3 is 0 Å². The summed E-state index contributed by atoms with van der Waals surface area (Å²) in [6.45, 7) is 4.93. The van der Waals surface area contributed by atoms with Crippen LogP contribution in [0.15, 0.2) is 36.4 Å². The number of sulfonamides is 1. The molecule has 1 heterocycles. The minimum atomic E-state index is -3.86. The monoisotopic (exact) mass is 557 g/mol. The van der Waals surface area contributed by atoms with Gasteiger partial charge in [0, 0.05) is 29.2 Å². The molecule has 0 bridgehead atoms. The number of anilines is 1. The SMILES string of the molecule is CCCNC(=O)[C@@H](C)N(Cc1ccc(Cl)cc1Cl)C(=O)CN(c1ccc2c(c1)OCO2)S(=O)(=O)CC. The maximum atomic E-state index is 13.6. The molecule has 0 spiro atoms. The molecular formula is C24H29Cl2N3O6S. The van der Waals surface area contributed by atoms with Gasteiger partial charge in [-0.25, -0.2) is 8.42 Å². The normalized spacial score (nSPS) is 13.2. The number of carbonyl (C=O) groups excluding carboxylic acids is 2. The summed E-state index contributed by atoms with van der Waals surface area (Å²) in [5, 5.41) is 3.54. The molecule has 12 heteroatoms. The fraction of sp³-hybridized carbons (Fsp3) is 0.417. The molecule has 0 aliphatic carbocycles. The average Bonchev–Trinajstić information content (AvgIpc) is 3.32. The van der Waals surface area contributed by atoms with Crippen LogP contribution in [0.4, 0.5) is 5.69 Å². The van der Waals surface area contributed by atoms with Gasteiger partial charge < -0.3 is 19.7 Å². The van der Waals surface area contributed by atoms with Crippen molar-refractivity contribution in [1.82, 2.24) is 10.2 Å². The van der Waals surface area contributed by atoms with E-state index in [4.69, 9.17) is 32.7 Å². The molecule has 0 fully saturated rings. The first-order chi connectivity index (χ1) is 17.1. The lowest BCUT2D eigenvalue weighted by molar-refractivity contribution is -0.139. The summed E-state index contributed by atoms with van der Waals surface area (Å²) < 4.78 is 37.7. The molecule has 0 saturated heterocycles.